The van der Waals surface area contributed by atoms with Gasteiger partial charge in [-0.1, -0.05) is 27.7 Å². The van der Waals surface area contributed by atoms with Gasteiger partial charge in [-0.3, -0.25) is 14.4 Å². The van der Waals surface area contributed by atoms with Crippen LogP contribution in [-0.2, 0) is 14.4 Å². The molecule has 1 aromatic carbocycles. The summed E-state index contributed by atoms with van der Waals surface area (Å²) in [5, 5.41) is 11.0. The van der Waals surface area contributed by atoms with Crippen molar-refractivity contribution in [3.63, 3.8) is 0 Å². The highest BCUT2D eigenvalue weighted by molar-refractivity contribution is 6.09. The third-order valence-corrected chi connectivity index (χ3v) is 6.31. The first-order valence-corrected chi connectivity index (χ1v) is 10.6. The Bertz CT molecular complexity index is 933. The third-order valence-electron chi connectivity index (χ3n) is 6.31. The number of benzene rings is 1. The largest absolute Gasteiger partial charge is 0.512 e. The maximum Gasteiger partial charge on any atom is 0.163 e. The first-order valence-electron chi connectivity index (χ1n) is 10.6. The molecule has 1 saturated carbocycles. The molecule has 0 aromatic heterocycles. The van der Waals surface area contributed by atoms with Gasteiger partial charge in [0.2, 0.25) is 0 Å². The Morgan fingerprint density at radius 2 is 1.48 bits per heavy atom. The summed E-state index contributed by atoms with van der Waals surface area (Å²) in [5.74, 6) is -1.73. The van der Waals surface area contributed by atoms with Gasteiger partial charge in [0, 0.05) is 42.7 Å². The van der Waals surface area contributed by atoms with E-state index in [-0.39, 0.29) is 47.9 Å². The molecule has 1 fully saturated rings. The Morgan fingerprint density at radius 3 is 2.00 bits per heavy atom. The molecule has 0 aliphatic heterocycles. The number of ketones is 3. The summed E-state index contributed by atoms with van der Waals surface area (Å²) in [5.41, 5.74) is -0.168. The van der Waals surface area contributed by atoms with E-state index in [0.717, 1.165) is 0 Å². The van der Waals surface area contributed by atoms with Crippen LogP contribution in [0.25, 0.3) is 0 Å². The van der Waals surface area contributed by atoms with Crippen molar-refractivity contribution in [2.45, 2.75) is 59.3 Å². The fourth-order valence-electron chi connectivity index (χ4n) is 5.02. The molecule has 0 spiro atoms. The predicted octanol–water partition coefficient (Wildman–Crippen LogP) is 4.56. The smallest absolute Gasteiger partial charge is 0.163 e. The molecular weight excluding hydrogens is 396 g/mol. The monoisotopic (exact) mass is 428 g/mol. The van der Waals surface area contributed by atoms with Gasteiger partial charge in [-0.25, -0.2) is 0 Å². The second kappa shape index (κ2) is 8.13. The number of allylic oxidation sites excluding steroid dienone is 2. The molecule has 0 radical (unpaired) electrons. The fourth-order valence-corrected chi connectivity index (χ4v) is 5.02. The Hall–Kier alpha value is -2.63. The summed E-state index contributed by atoms with van der Waals surface area (Å²) in [6.07, 6.45) is 1.01. The van der Waals surface area contributed by atoms with E-state index in [1.807, 2.05) is 27.7 Å². The van der Waals surface area contributed by atoms with Crippen molar-refractivity contribution in [2.24, 2.45) is 16.7 Å². The van der Waals surface area contributed by atoms with Crippen LogP contribution in [0.4, 0.5) is 0 Å². The van der Waals surface area contributed by atoms with Gasteiger partial charge in [-0.15, -0.1) is 0 Å². The van der Waals surface area contributed by atoms with Crippen molar-refractivity contribution >= 4 is 17.3 Å². The highest BCUT2D eigenvalue weighted by atomic mass is 16.5. The van der Waals surface area contributed by atoms with E-state index >= 15 is 0 Å². The topological polar surface area (TPSA) is 89.9 Å². The molecule has 1 atom stereocenters. The molecule has 2 aliphatic rings. The van der Waals surface area contributed by atoms with Crippen molar-refractivity contribution in [1.82, 2.24) is 0 Å². The first kappa shape index (κ1) is 23.0. The number of hydrogen-bond donors (Lipinski definition) is 1. The standard InChI is InChI=1S/C25H32O6/c1-24(2)10-16(26)22(17(27)11-24)21(15-9-14(30-5)7-8-20(15)31-6)23-18(28)12-25(3,4)13-19(23)29/h7-9,21-22,28H,10-13H2,1-6H3/t21-/m1/s1. The maximum absolute atomic E-state index is 13.3. The van der Waals surface area contributed by atoms with Gasteiger partial charge in [0.05, 0.1) is 20.1 Å². The van der Waals surface area contributed by atoms with Gasteiger partial charge >= 0.3 is 0 Å². The van der Waals surface area contributed by atoms with Crippen LogP contribution >= 0.6 is 0 Å². The minimum Gasteiger partial charge on any atom is -0.512 e. The average molecular weight is 429 g/mol. The van der Waals surface area contributed by atoms with Crippen LogP contribution < -0.4 is 9.47 Å². The zero-order valence-electron chi connectivity index (χ0n) is 19.2. The number of rotatable bonds is 5. The van der Waals surface area contributed by atoms with Gasteiger partial charge in [-0.2, -0.15) is 0 Å². The lowest BCUT2D eigenvalue weighted by atomic mass is 9.62. The second-order valence-electron chi connectivity index (χ2n) is 10.3. The SMILES string of the molecule is COc1ccc(OC)c([C@@H](C2=C(O)CC(C)(C)CC2=O)C2C(=O)CC(C)(C)CC2=O)c1. The summed E-state index contributed by atoms with van der Waals surface area (Å²) < 4.78 is 10.9. The lowest BCUT2D eigenvalue weighted by Gasteiger charge is -2.39. The highest BCUT2D eigenvalue weighted by Crippen LogP contribution is 2.49. The van der Waals surface area contributed by atoms with Crippen molar-refractivity contribution in [3.8, 4) is 11.5 Å². The van der Waals surface area contributed by atoms with Crippen LogP contribution in [-0.4, -0.2) is 36.7 Å². The Labute approximate surface area is 183 Å². The van der Waals surface area contributed by atoms with E-state index in [2.05, 4.69) is 0 Å². The first-order chi connectivity index (χ1) is 14.4. The normalized spacial score (nSPS) is 22.5. The molecule has 1 N–H and O–H groups in total. The second-order valence-corrected chi connectivity index (χ2v) is 10.3. The molecule has 6 heteroatoms. The van der Waals surface area contributed by atoms with Crippen molar-refractivity contribution in [2.75, 3.05) is 14.2 Å². The van der Waals surface area contributed by atoms with Gasteiger partial charge in [0.1, 0.15) is 28.8 Å². The average Bonchev–Trinajstić information content (AvgIpc) is 2.63. The molecule has 1 aromatic rings. The number of hydrogen-bond acceptors (Lipinski definition) is 6. The number of carbonyl (C=O) groups excluding carboxylic acids is 3. The third kappa shape index (κ3) is 4.53. The van der Waals surface area contributed by atoms with E-state index in [4.69, 9.17) is 9.47 Å². The maximum atomic E-state index is 13.3. The summed E-state index contributed by atoms with van der Waals surface area (Å²) in [4.78, 5) is 39.8. The number of aliphatic hydroxyl groups excluding tert-OH is 1. The predicted molar refractivity (Wildman–Crippen MR) is 116 cm³/mol. The van der Waals surface area contributed by atoms with E-state index in [0.29, 0.717) is 23.5 Å². The lowest BCUT2D eigenvalue weighted by molar-refractivity contribution is -0.140. The molecule has 0 heterocycles. The molecule has 2 aliphatic carbocycles. The summed E-state index contributed by atoms with van der Waals surface area (Å²) in [7, 11) is 3.01. The number of carbonyl (C=O) groups is 3. The van der Waals surface area contributed by atoms with Gasteiger partial charge < -0.3 is 14.6 Å². The van der Waals surface area contributed by atoms with E-state index in [9.17, 15) is 19.5 Å². The summed E-state index contributed by atoms with van der Waals surface area (Å²) >= 11 is 0. The molecule has 31 heavy (non-hydrogen) atoms. The van der Waals surface area contributed by atoms with Crippen LogP contribution in [0, 0.1) is 16.7 Å². The molecule has 0 saturated heterocycles. The molecule has 0 amide bonds. The zero-order valence-corrected chi connectivity index (χ0v) is 19.2. The zero-order chi connectivity index (χ0) is 23.1. The molecule has 6 nitrogen and oxygen atoms in total. The van der Waals surface area contributed by atoms with Crippen LogP contribution in [0.3, 0.4) is 0 Å². The Morgan fingerprint density at radius 1 is 0.903 bits per heavy atom. The number of Topliss-reactive ketones (excluding diaryl/α,β-unsaturated/α-hetero) is 3. The molecule has 168 valence electrons. The molecule has 3 rings (SSSR count). The summed E-state index contributed by atoms with van der Waals surface area (Å²) in [6, 6.07) is 5.10. The van der Waals surface area contributed by atoms with Gasteiger partial charge in [0.15, 0.2) is 5.78 Å². The van der Waals surface area contributed by atoms with Crippen LogP contribution in [0.1, 0.15) is 64.9 Å². The van der Waals surface area contributed by atoms with Crippen LogP contribution in [0.5, 0.6) is 11.5 Å². The highest BCUT2D eigenvalue weighted by Gasteiger charge is 2.49. The lowest BCUT2D eigenvalue weighted by Crippen LogP contribution is -2.43. The van der Waals surface area contributed by atoms with Crippen LogP contribution in [0.2, 0.25) is 0 Å². The van der Waals surface area contributed by atoms with Gasteiger partial charge in [-0.05, 0) is 29.0 Å². The summed E-state index contributed by atoms with van der Waals surface area (Å²) in [6.45, 7) is 7.62. The van der Waals surface area contributed by atoms with E-state index in [1.54, 1.807) is 18.2 Å². The molecule has 0 bridgehead atoms. The minimum atomic E-state index is -1.05. The number of methoxy groups -OCH3 is 2. The Kier molecular flexibility index (Phi) is 6.05. The van der Waals surface area contributed by atoms with Crippen molar-refractivity contribution in [1.29, 1.82) is 0 Å². The van der Waals surface area contributed by atoms with Crippen molar-refractivity contribution in [3.05, 3.63) is 35.1 Å². The van der Waals surface area contributed by atoms with Gasteiger partial charge in [0.25, 0.3) is 0 Å². The molecular formula is C25H32O6. The van der Waals surface area contributed by atoms with Crippen molar-refractivity contribution < 1.29 is 29.0 Å². The fraction of sp³-hybridized carbons (Fsp3) is 0.560. The minimum absolute atomic E-state index is 0.0541. The number of aliphatic hydroxyl groups is 1. The van der Waals surface area contributed by atoms with E-state index in [1.165, 1.54) is 14.2 Å². The van der Waals surface area contributed by atoms with E-state index < -0.39 is 22.7 Å². The van der Waals surface area contributed by atoms with Crippen LogP contribution in [0.15, 0.2) is 29.5 Å². The molecule has 0 unspecified atom stereocenters. The Balaban J connectivity index is 2.25. The number of ether oxygens (including phenoxy) is 2. The quantitative estimate of drug-likeness (QED) is 0.692.